The Labute approximate surface area is 132 Å². The van der Waals surface area contributed by atoms with Crippen molar-refractivity contribution in [3.05, 3.63) is 54.7 Å². The number of para-hydroxylation sites is 4. The Morgan fingerprint density at radius 2 is 1.43 bits per heavy atom. The Morgan fingerprint density at radius 3 is 2.22 bits per heavy atom. The maximum absolute atomic E-state index is 4.82. The molecule has 0 saturated carbocycles. The summed E-state index contributed by atoms with van der Waals surface area (Å²) >= 11 is 0. The van der Waals surface area contributed by atoms with Gasteiger partial charge in [0.1, 0.15) is 5.69 Å². The minimum Gasteiger partial charge on any atom is -0.326 e. The third-order valence-corrected chi connectivity index (χ3v) is 4.51. The Balaban J connectivity index is 1.83. The highest BCUT2D eigenvalue weighted by Gasteiger charge is 2.16. The molecule has 0 bridgehead atoms. The summed E-state index contributed by atoms with van der Waals surface area (Å²) in [5, 5.41) is 0. The van der Waals surface area contributed by atoms with Crippen molar-refractivity contribution in [1.82, 2.24) is 23.5 Å². The van der Waals surface area contributed by atoms with Crippen molar-refractivity contribution in [2.75, 3.05) is 0 Å². The summed E-state index contributed by atoms with van der Waals surface area (Å²) in [6.45, 7) is 0. The molecule has 2 aromatic carbocycles. The van der Waals surface area contributed by atoms with Crippen molar-refractivity contribution >= 4 is 27.8 Å². The maximum atomic E-state index is 4.82. The van der Waals surface area contributed by atoms with Crippen LogP contribution in [0.1, 0.15) is 0 Å². The van der Waals surface area contributed by atoms with Gasteiger partial charge in [-0.25, -0.2) is 9.97 Å². The van der Waals surface area contributed by atoms with Gasteiger partial charge in [-0.05, 0) is 24.3 Å². The molecule has 0 saturated heterocycles. The molecule has 3 aromatic heterocycles. The van der Waals surface area contributed by atoms with Gasteiger partial charge in [-0.2, -0.15) is 0 Å². The van der Waals surface area contributed by atoms with Crippen molar-refractivity contribution in [2.24, 2.45) is 14.1 Å². The lowest BCUT2D eigenvalue weighted by molar-refractivity contribution is 0.947. The number of aryl methyl sites for hydroxylation is 2. The third kappa shape index (κ3) is 1.56. The van der Waals surface area contributed by atoms with Gasteiger partial charge in [0.25, 0.3) is 0 Å². The van der Waals surface area contributed by atoms with Gasteiger partial charge in [0.15, 0.2) is 5.82 Å². The predicted molar refractivity (Wildman–Crippen MR) is 91.4 cm³/mol. The van der Waals surface area contributed by atoms with Gasteiger partial charge in [0, 0.05) is 20.3 Å². The molecule has 0 spiro atoms. The first kappa shape index (κ1) is 12.5. The number of benzene rings is 2. The number of aromatic nitrogens is 5. The van der Waals surface area contributed by atoms with Crippen LogP contribution in [0.3, 0.4) is 0 Å². The summed E-state index contributed by atoms with van der Waals surface area (Å²) in [6, 6.07) is 16.5. The smallest absolute Gasteiger partial charge is 0.215 e. The van der Waals surface area contributed by atoms with Crippen LogP contribution in [-0.4, -0.2) is 23.5 Å². The van der Waals surface area contributed by atoms with E-state index < -0.39 is 0 Å². The number of imidazole rings is 3. The second-order valence-corrected chi connectivity index (χ2v) is 5.83. The molecule has 0 fully saturated rings. The molecule has 0 atom stereocenters. The van der Waals surface area contributed by atoms with Gasteiger partial charge in [-0.3, -0.25) is 4.40 Å². The maximum Gasteiger partial charge on any atom is 0.215 e. The quantitative estimate of drug-likeness (QED) is 0.476. The molecule has 0 aliphatic rings. The summed E-state index contributed by atoms with van der Waals surface area (Å²) in [4.78, 5) is 9.56. The van der Waals surface area contributed by atoms with Crippen molar-refractivity contribution < 1.29 is 0 Å². The summed E-state index contributed by atoms with van der Waals surface area (Å²) in [5.41, 5.74) is 5.32. The normalized spacial score (nSPS) is 11.9. The molecule has 0 radical (unpaired) electrons. The van der Waals surface area contributed by atoms with Crippen LogP contribution in [0.25, 0.3) is 39.4 Å². The van der Waals surface area contributed by atoms with E-state index in [4.69, 9.17) is 9.97 Å². The molecule has 112 valence electrons. The number of nitrogens with zero attached hydrogens (tertiary/aromatic N) is 5. The van der Waals surface area contributed by atoms with Gasteiger partial charge in [0.2, 0.25) is 5.78 Å². The first-order valence-corrected chi connectivity index (χ1v) is 7.58. The van der Waals surface area contributed by atoms with Gasteiger partial charge < -0.3 is 9.13 Å². The molecule has 0 amide bonds. The Hall–Kier alpha value is -3.08. The van der Waals surface area contributed by atoms with Crippen LogP contribution in [0.5, 0.6) is 0 Å². The van der Waals surface area contributed by atoms with Gasteiger partial charge in [0.05, 0.1) is 22.1 Å². The van der Waals surface area contributed by atoms with Gasteiger partial charge in [-0.1, -0.05) is 24.3 Å². The fourth-order valence-electron chi connectivity index (χ4n) is 3.33. The Kier molecular flexibility index (Phi) is 2.29. The molecule has 5 nitrogen and oxygen atoms in total. The van der Waals surface area contributed by atoms with E-state index >= 15 is 0 Å². The number of hydrogen-bond acceptors (Lipinski definition) is 2. The van der Waals surface area contributed by atoms with E-state index in [9.17, 15) is 0 Å². The average molecular weight is 301 g/mol. The van der Waals surface area contributed by atoms with Crippen LogP contribution in [0.4, 0.5) is 0 Å². The molecular formula is C18H15N5. The zero-order valence-corrected chi connectivity index (χ0v) is 12.9. The van der Waals surface area contributed by atoms with E-state index in [0.29, 0.717) is 0 Å². The largest absolute Gasteiger partial charge is 0.326 e. The molecular weight excluding hydrogens is 286 g/mol. The van der Waals surface area contributed by atoms with E-state index in [1.165, 1.54) is 5.52 Å². The van der Waals surface area contributed by atoms with Crippen LogP contribution in [-0.2, 0) is 14.1 Å². The lowest BCUT2D eigenvalue weighted by Crippen LogP contribution is -1.93. The van der Waals surface area contributed by atoms with E-state index in [2.05, 4.69) is 44.0 Å². The van der Waals surface area contributed by atoms with E-state index in [-0.39, 0.29) is 0 Å². The number of fused-ring (bicyclic) bond motifs is 4. The zero-order chi connectivity index (χ0) is 15.6. The summed E-state index contributed by atoms with van der Waals surface area (Å²) < 4.78 is 6.34. The van der Waals surface area contributed by atoms with Crippen molar-refractivity contribution in [1.29, 1.82) is 0 Å². The average Bonchev–Trinajstić information content (AvgIpc) is 3.22. The molecule has 0 N–H and O–H groups in total. The third-order valence-electron chi connectivity index (χ3n) is 4.51. The standard InChI is InChI=1S/C18H15N5/c1-21-14-8-4-3-7-12(14)19-17(21)13-11-23-16-10-6-5-9-15(16)22(2)18(23)20-13/h3-11H,1-2H3. The fraction of sp³-hybridized carbons (Fsp3) is 0.111. The monoisotopic (exact) mass is 301 g/mol. The first-order valence-electron chi connectivity index (χ1n) is 7.58. The highest BCUT2D eigenvalue weighted by atomic mass is 15.2. The van der Waals surface area contributed by atoms with Crippen LogP contribution in [0, 0.1) is 0 Å². The highest BCUT2D eigenvalue weighted by Crippen LogP contribution is 2.26. The van der Waals surface area contributed by atoms with Crippen LogP contribution in [0.15, 0.2) is 54.7 Å². The van der Waals surface area contributed by atoms with Crippen LogP contribution >= 0.6 is 0 Å². The molecule has 0 aliphatic carbocycles. The van der Waals surface area contributed by atoms with Crippen LogP contribution < -0.4 is 0 Å². The minimum atomic E-state index is 0.888. The summed E-state index contributed by atoms with van der Waals surface area (Å²) in [5.74, 6) is 1.81. The van der Waals surface area contributed by atoms with Crippen molar-refractivity contribution in [2.45, 2.75) is 0 Å². The minimum absolute atomic E-state index is 0.888. The SMILES string of the molecule is Cn1c(-c2cn3c4ccccc4n(C)c3n2)nc2ccccc21. The number of rotatable bonds is 1. The molecule has 5 rings (SSSR count). The molecule has 0 unspecified atom stereocenters. The highest BCUT2D eigenvalue weighted by molar-refractivity contribution is 5.83. The van der Waals surface area contributed by atoms with Crippen LogP contribution in [0.2, 0.25) is 0 Å². The van der Waals surface area contributed by atoms with E-state index in [0.717, 1.165) is 33.8 Å². The fourth-order valence-corrected chi connectivity index (χ4v) is 3.33. The van der Waals surface area contributed by atoms with Crippen molar-refractivity contribution in [3.8, 4) is 11.5 Å². The second kappa shape index (κ2) is 4.23. The Bertz CT molecular complexity index is 1190. The summed E-state index contributed by atoms with van der Waals surface area (Å²) in [6.07, 6.45) is 2.07. The lowest BCUT2D eigenvalue weighted by atomic mass is 10.3. The number of hydrogen-bond donors (Lipinski definition) is 0. The van der Waals surface area contributed by atoms with Crippen molar-refractivity contribution in [3.63, 3.8) is 0 Å². The Morgan fingerprint density at radius 1 is 0.739 bits per heavy atom. The molecule has 3 heterocycles. The van der Waals surface area contributed by atoms with Gasteiger partial charge >= 0.3 is 0 Å². The second-order valence-electron chi connectivity index (χ2n) is 5.83. The lowest BCUT2D eigenvalue weighted by Gasteiger charge is -1.98. The molecule has 5 heteroatoms. The van der Waals surface area contributed by atoms with Gasteiger partial charge in [-0.15, -0.1) is 0 Å². The summed E-state index contributed by atoms with van der Waals surface area (Å²) in [7, 11) is 4.08. The first-order chi connectivity index (χ1) is 11.2. The molecule has 0 aliphatic heterocycles. The van der Waals surface area contributed by atoms with E-state index in [1.807, 2.05) is 38.4 Å². The molecule has 23 heavy (non-hydrogen) atoms. The predicted octanol–water partition coefficient (Wildman–Crippen LogP) is 3.38. The van der Waals surface area contributed by atoms with E-state index in [1.54, 1.807) is 0 Å². The topological polar surface area (TPSA) is 40.0 Å². The molecule has 5 aromatic rings. The zero-order valence-electron chi connectivity index (χ0n) is 12.9.